The molecule has 0 aliphatic rings. The van der Waals surface area contributed by atoms with Crippen LogP contribution in [0.5, 0.6) is 0 Å². The number of pyridine rings is 2. The number of halogens is 1. The van der Waals surface area contributed by atoms with Gasteiger partial charge in [-0.1, -0.05) is 54.1 Å². The van der Waals surface area contributed by atoms with Crippen LogP contribution in [0.15, 0.2) is 91.8 Å². The molecule has 5 rings (SSSR count). The van der Waals surface area contributed by atoms with Crippen molar-refractivity contribution >= 4 is 22.5 Å². The van der Waals surface area contributed by atoms with Crippen LogP contribution in [0, 0.1) is 0 Å². The molecule has 1 atom stereocenters. The van der Waals surface area contributed by atoms with Gasteiger partial charge in [0.05, 0.1) is 28.8 Å². The van der Waals surface area contributed by atoms with Crippen molar-refractivity contribution in [3.63, 3.8) is 0 Å². The Morgan fingerprint density at radius 3 is 2.45 bits per heavy atom. The van der Waals surface area contributed by atoms with Gasteiger partial charge in [-0.15, -0.1) is 0 Å². The molecule has 31 heavy (non-hydrogen) atoms. The Morgan fingerprint density at radius 1 is 0.903 bits per heavy atom. The molecule has 1 unspecified atom stereocenters. The lowest BCUT2D eigenvalue weighted by Gasteiger charge is -2.31. The van der Waals surface area contributed by atoms with Crippen LogP contribution in [-0.2, 0) is 12.6 Å². The van der Waals surface area contributed by atoms with Crippen LogP contribution < -0.4 is 5.73 Å². The molecule has 0 bridgehead atoms. The molecule has 0 radical (unpaired) electrons. The van der Waals surface area contributed by atoms with Gasteiger partial charge in [0.2, 0.25) is 0 Å². The molecule has 5 nitrogen and oxygen atoms in total. The van der Waals surface area contributed by atoms with E-state index in [0.29, 0.717) is 5.02 Å². The predicted molar refractivity (Wildman–Crippen MR) is 124 cm³/mol. The van der Waals surface area contributed by atoms with Crippen LogP contribution in [-0.4, -0.2) is 19.5 Å². The lowest BCUT2D eigenvalue weighted by atomic mass is 9.81. The van der Waals surface area contributed by atoms with Gasteiger partial charge in [0.25, 0.3) is 0 Å². The first-order valence-corrected chi connectivity index (χ1v) is 10.3. The van der Waals surface area contributed by atoms with Gasteiger partial charge in [-0.3, -0.25) is 9.97 Å². The minimum Gasteiger partial charge on any atom is -0.336 e. The Bertz CT molecular complexity index is 1370. The summed E-state index contributed by atoms with van der Waals surface area (Å²) in [5, 5.41) is 1.50. The van der Waals surface area contributed by atoms with Gasteiger partial charge in [-0.25, -0.2) is 4.98 Å². The van der Waals surface area contributed by atoms with Gasteiger partial charge in [-0.2, -0.15) is 0 Å². The van der Waals surface area contributed by atoms with E-state index in [4.69, 9.17) is 17.3 Å². The zero-order valence-electron chi connectivity index (χ0n) is 16.9. The molecule has 2 aromatic carbocycles. The smallest absolute Gasteiger partial charge is 0.111 e. The molecule has 0 saturated carbocycles. The van der Waals surface area contributed by atoms with Gasteiger partial charge < -0.3 is 10.3 Å². The first-order chi connectivity index (χ1) is 15.1. The SMILES string of the molecule is Cn1cncc1C(N)(c1cccnc1)c1ccc2ncc(-c3ccccc3)c(Cl)c2c1. The number of rotatable bonds is 4. The monoisotopic (exact) mass is 425 g/mol. The molecule has 0 spiro atoms. The number of fused-ring (bicyclic) bond motifs is 1. The van der Waals surface area contributed by atoms with Crippen molar-refractivity contribution in [2.75, 3.05) is 0 Å². The Kier molecular flexibility index (Phi) is 4.77. The highest BCUT2D eigenvalue weighted by Crippen LogP contribution is 2.38. The molecule has 3 heterocycles. The lowest BCUT2D eigenvalue weighted by molar-refractivity contribution is 0.594. The maximum Gasteiger partial charge on any atom is 0.111 e. The van der Waals surface area contributed by atoms with Crippen LogP contribution in [0.1, 0.15) is 16.8 Å². The van der Waals surface area contributed by atoms with Crippen LogP contribution in [0.2, 0.25) is 5.02 Å². The second-order valence-electron chi connectivity index (χ2n) is 7.52. The Morgan fingerprint density at radius 2 is 1.74 bits per heavy atom. The zero-order chi connectivity index (χ0) is 21.4. The standard InChI is InChI=1S/C25H20ClN5/c1-31-16-29-15-23(31)25(27,19-8-5-11-28-13-19)18-9-10-22-20(12-18)24(26)21(14-30-22)17-6-3-2-4-7-17/h2-16H,27H2,1H3. The third-order valence-electron chi connectivity index (χ3n) is 5.68. The molecular weight excluding hydrogens is 406 g/mol. The number of aromatic nitrogens is 4. The average Bonchev–Trinajstić information content (AvgIpc) is 3.26. The second-order valence-corrected chi connectivity index (χ2v) is 7.90. The van der Waals surface area contributed by atoms with E-state index in [1.807, 2.05) is 78.5 Å². The maximum absolute atomic E-state index is 7.13. The molecule has 0 saturated heterocycles. The van der Waals surface area contributed by atoms with Crippen molar-refractivity contribution in [1.29, 1.82) is 0 Å². The number of hydrogen-bond acceptors (Lipinski definition) is 4. The highest BCUT2D eigenvalue weighted by atomic mass is 35.5. The minimum atomic E-state index is -0.959. The van der Waals surface area contributed by atoms with Crippen molar-refractivity contribution in [2.45, 2.75) is 5.54 Å². The van der Waals surface area contributed by atoms with E-state index in [9.17, 15) is 0 Å². The molecule has 3 aromatic heterocycles. The fourth-order valence-electron chi connectivity index (χ4n) is 4.02. The first kappa shape index (κ1) is 19.4. The molecule has 5 aromatic rings. The Hall–Kier alpha value is -3.54. The summed E-state index contributed by atoms with van der Waals surface area (Å²) in [6, 6.07) is 19.8. The van der Waals surface area contributed by atoms with Gasteiger partial charge in [-0.05, 0) is 29.3 Å². The van der Waals surface area contributed by atoms with Crippen LogP contribution in [0.4, 0.5) is 0 Å². The molecule has 0 fully saturated rings. The van der Waals surface area contributed by atoms with Crippen molar-refractivity contribution in [2.24, 2.45) is 12.8 Å². The van der Waals surface area contributed by atoms with Gasteiger partial charge in [0, 0.05) is 42.2 Å². The summed E-state index contributed by atoms with van der Waals surface area (Å²) in [5.41, 5.74) is 11.5. The number of hydrogen-bond donors (Lipinski definition) is 1. The largest absolute Gasteiger partial charge is 0.336 e. The van der Waals surface area contributed by atoms with E-state index in [1.165, 1.54) is 0 Å². The van der Waals surface area contributed by atoms with E-state index in [0.717, 1.165) is 38.9 Å². The maximum atomic E-state index is 7.13. The van der Waals surface area contributed by atoms with Crippen LogP contribution in [0.25, 0.3) is 22.0 Å². The lowest BCUT2D eigenvalue weighted by Crippen LogP contribution is -2.41. The fraction of sp³-hybridized carbons (Fsp3) is 0.0800. The number of aryl methyl sites for hydroxylation is 1. The molecule has 6 heteroatoms. The summed E-state index contributed by atoms with van der Waals surface area (Å²) in [6.07, 6.45) is 8.88. The van der Waals surface area contributed by atoms with Crippen molar-refractivity contribution in [3.8, 4) is 11.1 Å². The third-order valence-corrected chi connectivity index (χ3v) is 6.09. The number of imidazole rings is 1. The van der Waals surface area contributed by atoms with Gasteiger partial charge in [0.1, 0.15) is 5.54 Å². The summed E-state index contributed by atoms with van der Waals surface area (Å²) in [5.74, 6) is 0. The summed E-state index contributed by atoms with van der Waals surface area (Å²) in [4.78, 5) is 13.2. The highest BCUT2D eigenvalue weighted by Gasteiger charge is 2.35. The second kappa shape index (κ2) is 7.61. The summed E-state index contributed by atoms with van der Waals surface area (Å²) in [7, 11) is 1.93. The predicted octanol–water partition coefficient (Wildman–Crippen LogP) is 4.93. The zero-order valence-corrected chi connectivity index (χ0v) is 17.7. The van der Waals surface area contributed by atoms with Crippen molar-refractivity contribution < 1.29 is 0 Å². The summed E-state index contributed by atoms with van der Waals surface area (Å²) < 4.78 is 1.93. The van der Waals surface area contributed by atoms with Gasteiger partial charge in [0.15, 0.2) is 0 Å². The van der Waals surface area contributed by atoms with E-state index in [2.05, 4.69) is 15.0 Å². The molecule has 0 amide bonds. The molecular formula is C25H20ClN5. The average molecular weight is 426 g/mol. The minimum absolute atomic E-state index is 0.650. The Balaban J connectivity index is 1.76. The number of nitrogens with zero attached hydrogens (tertiary/aromatic N) is 4. The molecule has 0 aliphatic heterocycles. The third kappa shape index (κ3) is 3.19. The van der Waals surface area contributed by atoms with E-state index >= 15 is 0 Å². The highest BCUT2D eigenvalue weighted by molar-refractivity contribution is 6.38. The normalized spacial score (nSPS) is 13.3. The van der Waals surface area contributed by atoms with Crippen LogP contribution >= 0.6 is 11.6 Å². The summed E-state index contributed by atoms with van der Waals surface area (Å²) in [6.45, 7) is 0. The van der Waals surface area contributed by atoms with Crippen LogP contribution in [0.3, 0.4) is 0 Å². The quantitative estimate of drug-likeness (QED) is 0.443. The summed E-state index contributed by atoms with van der Waals surface area (Å²) >= 11 is 6.89. The molecule has 152 valence electrons. The van der Waals surface area contributed by atoms with E-state index in [-0.39, 0.29) is 0 Å². The van der Waals surface area contributed by atoms with Gasteiger partial charge >= 0.3 is 0 Å². The topological polar surface area (TPSA) is 69.6 Å². The van der Waals surface area contributed by atoms with E-state index < -0.39 is 5.54 Å². The Labute approximate surface area is 185 Å². The first-order valence-electron chi connectivity index (χ1n) is 9.89. The molecule has 0 aliphatic carbocycles. The fourth-order valence-corrected chi connectivity index (χ4v) is 4.33. The van der Waals surface area contributed by atoms with E-state index in [1.54, 1.807) is 24.9 Å². The molecule has 2 N–H and O–H groups in total. The number of benzene rings is 2. The number of nitrogens with two attached hydrogens (primary N) is 1. The van der Waals surface area contributed by atoms with Crippen molar-refractivity contribution in [3.05, 3.63) is 114 Å². The van der Waals surface area contributed by atoms with Crippen molar-refractivity contribution in [1.82, 2.24) is 19.5 Å².